The van der Waals surface area contributed by atoms with Gasteiger partial charge in [-0.2, -0.15) is 0 Å². The fourth-order valence-corrected chi connectivity index (χ4v) is 4.83. The molecule has 0 bridgehead atoms. The first-order valence-corrected chi connectivity index (χ1v) is 9.49. The number of hydrogen-bond donors (Lipinski definition) is 2. The molecule has 0 spiro atoms. The molecule has 4 nitrogen and oxygen atoms in total. The molecular weight excluding hydrogens is 316 g/mol. The summed E-state index contributed by atoms with van der Waals surface area (Å²) >= 11 is 5.32. The first-order chi connectivity index (χ1) is 10.5. The summed E-state index contributed by atoms with van der Waals surface area (Å²) in [5, 5.41) is 9.12. The minimum atomic E-state index is -2.83. The van der Waals surface area contributed by atoms with E-state index in [1.54, 1.807) is 0 Å². The van der Waals surface area contributed by atoms with E-state index in [4.69, 9.17) is 12.2 Å². The van der Waals surface area contributed by atoms with Gasteiger partial charge in [0.05, 0.1) is 11.5 Å². The summed E-state index contributed by atoms with van der Waals surface area (Å²) in [7, 11) is -2.83. The number of nitrogens with one attached hydrogen (secondary N) is 2. The number of thiocarbonyl (C=S) groups is 1. The van der Waals surface area contributed by atoms with Crippen LogP contribution >= 0.6 is 12.2 Å². The smallest absolute Gasteiger partial charge is 0.170 e. The first-order valence-electron chi connectivity index (χ1n) is 7.26. The van der Waals surface area contributed by atoms with Gasteiger partial charge in [-0.25, -0.2) is 8.42 Å². The predicted molar refractivity (Wildman–Crippen MR) is 94.9 cm³/mol. The van der Waals surface area contributed by atoms with Crippen molar-refractivity contribution in [3.63, 3.8) is 0 Å². The van der Waals surface area contributed by atoms with Crippen molar-refractivity contribution >= 4 is 43.6 Å². The third-order valence-electron chi connectivity index (χ3n) is 3.92. The molecule has 1 unspecified atom stereocenters. The number of sulfone groups is 1. The second-order valence-corrected chi connectivity index (χ2v) is 8.27. The highest BCUT2D eigenvalue weighted by Crippen LogP contribution is 2.23. The van der Waals surface area contributed by atoms with Gasteiger partial charge in [0.1, 0.15) is 0 Å². The Kier molecular flexibility index (Phi) is 4.31. The van der Waals surface area contributed by atoms with Gasteiger partial charge in [0, 0.05) is 17.6 Å². The van der Waals surface area contributed by atoms with Crippen LogP contribution < -0.4 is 10.6 Å². The molecule has 2 aromatic carbocycles. The van der Waals surface area contributed by atoms with Crippen LogP contribution in [0.1, 0.15) is 6.42 Å². The van der Waals surface area contributed by atoms with Crippen molar-refractivity contribution in [3.05, 3.63) is 42.5 Å². The lowest BCUT2D eigenvalue weighted by atomic mass is 10.1. The SMILES string of the molecule is O=S1(=O)CCC(CNC(=S)Nc2cccc3ccccc23)C1. The summed E-state index contributed by atoms with van der Waals surface area (Å²) in [6.07, 6.45) is 0.714. The molecule has 22 heavy (non-hydrogen) atoms. The zero-order chi connectivity index (χ0) is 15.6. The van der Waals surface area contributed by atoms with Gasteiger partial charge in [0.2, 0.25) is 0 Å². The Morgan fingerprint density at radius 2 is 1.95 bits per heavy atom. The molecule has 0 radical (unpaired) electrons. The Hall–Kier alpha value is -1.66. The van der Waals surface area contributed by atoms with Crippen molar-refractivity contribution in [3.8, 4) is 0 Å². The lowest BCUT2D eigenvalue weighted by Gasteiger charge is -2.14. The van der Waals surface area contributed by atoms with Crippen molar-refractivity contribution in [2.24, 2.45) is 5.92 Å². The van der Waals surface area contributed by atoms with Crippen molar-refractivity contribution in [1.82, 2.24) is 5.32 Å². The van der Waals surface area contributed by atoms with Crippen LogP contribution in [0.25, 0.3) is 10.8 Å². The summed E-state index contributed by atoms with van der Waals surface area (Å²) in [6.45, 7) is 0.593. The number of benzene rings is 2. The molecule has 1 fully saturated rings. The van der Waals surface area contributed by atoms with E-state index in [1.807, 2.05) is 30.3 Å². The zero-order valence-electron chi connectivity index (χ0n) is 12.1. The molecule has 0 saturated carbocycles. The van der Waals surface area contributed by atoms with Crippen molar-refractivity contribution < 1.29 is 8.42 Å². The molecule has 3 rings (SSSR count). The van der Waals surface area contributed by atoms with E-state index in [2.05, 4.69) is 22.8 Å². The molecule has 6 heteroatoms. The van der Waals surface area contributed by atoms with E-state index >= 15 is 0 Å². The van der Waals surface area contributed by atoms with Crippen LogP contribution in [0.3, 0.4) is 0 Å². The van der Waals surface area contributed by atoms with Gasteiger partial charge in [-0.05, 0) is 36.0 Å². The van der Waals surface area contributed by atoms with Gasteiger partial charge in [0.15, 0.2) is 14.9 Å². The van der Waals surface area contributed by atoms with Crippen molar-refractivity contribution in [1.29, 1.82) is 0 Å². The molecule has 2 aromatic rings. The predicted octanol–water partition coefficient (Wildman–Crippen LogP) is 2.56. The zero-order valence-corrected chi connectivity index (χ0v) is 13.7. The Balaban J connectivity index is 1.62. The highest BCUT2D eigenvalue weighted by molar-refractivity contribution is 7.91. The molecule has 0 amide bonds. The summed E-state index contributed by atoms with van der Waals surface area (Å²) in [5.41, 5.74) is 0.953. The summed E-state index contributed by atoms with van der Waals surface area (Å²) < 4.78 is 22.9. The van der Waals surface area contributed by atoms with Gasteiger partial charge < -0.3 is 10.6 Å². The van der Waals surface area contributed by atoms with Crippen LogP contribution in [0.4, 0.5) is 5.69 Å². The maximum Gasteiger partial charge on any atom is 0.170 e. The Labute approximate surface area is 135 Å². The average Bonchev–Trinajstić information content (AvgIpc) is 2.85. The minimum Gasteiger partial charge on any atom is -0.362 e. The lowest BCUT2D eigenvalue weighted by Crippen LogP contribution is -2.33. The highest BCUT2D eigenvalue weighted by Gasteiger charge is 2.27. The second kappa shape index (κ2) is 6.22. The summed E-state index contributed by atoms with van der Waals surface area (Å²) in [5.74, 6) is 0.706. The lowest BCUT2D eigenvalue weighted by molar-refractivity contribution is 0.574. The first kappa shape index (κ1) is 15.2. The van der Waals surface area contributed by atoms with E-state index in [-0.39, 0.29) is 11.7 Å². The number of fused-ring (bicyclic) bond motifs is 1. The maximum atomic E-state index is 11.4. The average molecular weight is 334 g/mol. The normalized spacial score (nSPS) is 19.9. The fourth-order valence-electron chi connectivity index (χ4n) is 2.77. The van der Waals surface area contributed by atoms with Crippen LogP contribution in [0.2, 0.25) is 0 Å². The minimum absolute atomic E-state index is 0.150. The molecule has 1 heterocycles. The van der Waals surface area contributed by atoms with E-state index in [0.717, 1.165) is 16.5 Å². The molecule has 116 valence electrons. The monoisotopic (exact) mass is 334 g/mol. The number of anilines is 1. The van der Waals surface area contributed by atoms with E-state index < -0.39 is 9.84 Å². The Morgan fingerprint density at radius 3 is 2.73 bits per heavy atom. The van der Waals surface area contributed by atoms with Crippen molar-refractivity contribution in [2.75, 3.05) is 23.4 Å². The van der Waals surface area contributed by atoms with E-state index in [1.165, 1.54) is 0 Å². The van der Waals surface area contributed by atoms with E-state index in [9.17, 15) is 8.42 Å². The molecule has 1 saturated heterocycles. The van der Waals surface area contributed by atoms with Crippen LogP contribution in [-0.4, -0.2) is 31.6 Å². The second-order valence-electron chi connectivity index (χ2n) is 5.63. The summed E-state index contributed by atoms with van der Waals surface area (Å²) in [4.78, 5) is 0. The highest BCUT2D eigenvalue weighted by atomic mass is 32.2. The van der Waals surface area contributed by atoms with Gasteiger partial charge >= 0.3 is 0 Å². The summed E-state index contributed by atoms with van der Waals surface area (Å²) in [6, 6.07) is 14.1. The van der Waals surface area contributed by atoms with Gasteiger partial charge in [0.25, 0.3) is 0 Å². The topological polar surface area (TPSA) is 58.2 Å². The van der Waals surface area contributed by atoms with Crippen molar-refractivity contribution in [2.45, 2.75) is 6.42 Å². The van der Waals surface area contributed by atoms with Crippen LogP contribution in [0.5, 0.6) is 0 Å². The molecule has 1 atom stereocenters. The molecular formula is C16H18N2O2S2. The largest absolute Gasteiger partial charge is 0.362 e. The van der Waals surface area contributed by atoms with Gasteiger partial charge in [-0.15, -0.1) is 0 Å². The third kappa shape index (κ3) is 3.56. The molecule has 1 aliphatic heterocycles. The maximum absolute atomic E-state index is 11.4. The standard InChI is InChI=1S/C16H18N2O2S2/c19-22(20)9-8-12(11-22)10-17-16(21)18-15-7-3-5-13-4-1-2-6-14(13)15/h1-7,12H,8-11H2,(H2,17,18,21). The van der Waals surface area contributed by atoms with Crippen LogP contribution in [-0.2, 0) is 9.84 Å². The molecule has 0 aromatic heterocycles. The van der Waals surface area contributed by atoms with Crippen LogP contribution in [0.15, 0.2) is 42.5 Å². The Bertz CT molecular complexity index is 797. The van der Waals surface area contributed by atoms with Crippen LogP contribution in [0, 0.1) is 5.92 Å². The van der Waals surface area contributed by atoms with Gasteiger partial charge in [-0.1, -0.05) is 36.4 Å². The Morgan fingerprint density at radius 1 is 1.18 bits per heavy atom. The van der Waals surface area contributed by atoms with E-state index in [0.29, 0.717) is 23.8 Å². The van der Waals surface area contributed by atoms with Gasteiger partial charge in [-0.3, -0.25) is 0 Å². The third-order valence-corrected chi connectivity index (χ3v) is 6.00. The fraction of sp³-hybridized carbons (Fsp3) is 0.312. The molecule has 2 N–H and O–H groups in total. The number of hydrogen-bond acceptors (Lipinski definition) is 3. The quantitative estimate of drug-likeness (QED) is 0.845. The molecule has 1 aliphatic rings. The molecule has 0 aliphatic carbocycles. The number of rotatable bonds is 3.